The SMILES string of the molecule is CCn1cncc1C(=O)N1CCCC[C@H]1CCNC(=O)c1ccccc1. The van der Waals surface area contributed by atoms with Crippen LogP contribution in [-0.4, -0.2) is 45.4 Å². The van der Waals surface area contributed by atoms with E-state index in [4.69, 9.17) is 0 Å². The van der Waals surface area contributed by atoms with Gasteiger partial charge in [-0.15, -0.1) is 0 Å². The zero-order valence-corrected chi connectivity index (χ0v) is 15.2. The van der Waals surface area contributed by atoms with Gasteiger partial charge in [0.15, 0.2) is 0 Å². The van der Waals surface area contributed by atoms with Crippen molar-refractivity contribution in [2.75, 3.05) is 13.1 Å². The minimum absolute atomic E-state index is 0.0448. The number of piperidine rings is 1. The van der Waals surface area contributed by atoms with Gasteiger partial charge in [-0.25, -0.2) is 4.98 Å². The molecule has 0 aliphatic carbocycles. The topological polar surface area (TPSA) is 67.2 Å². The molecule has 1 fully saturated rings. The van der Waals surface area contributed by atoms with Gasteiger partial charge in [0, 0.05) is 31.2 Å². The van der Waals surface area contributed by atoms with E-state index >= 15 is 0 Å². The lowest BCUT2D eigenvalue weighted by molar-refractivity contribution is 0.0590. The molecule has 138 valence electrons. The molecule has 0 spiro atoms. The second kappa shape index (κ2) is 8.65. The molecule has 0 unspecified atom stereocenters. The maximum absolute atomic E-state index is 12.9. The first-order chi connectivity index (χ1) is 12.7. The maximum Gasteiger partial charge on any atom is 0.272 e. The zero-order valence-electron chi connectivity index (χ0n) is 15.2. The number of hydrogen-bond donors (Lipinski definition) is 1. The van der Waals surface area contributed by atoms with Crippen molar-refractivity contribution in [1.82, 2.24) is 19.8 Å². The van der Waals surface area contributed by atoms with Gasteiger partial charge in [0.1, 0.15) is 5.69 Å². The summed E-state index contributed by atoms with van der Waals surface area (Å²) in [4.78, 5) is 31.2. The first-order valence-electron chi connectivity index (χ1n) is 9.35. The summed E-state index contributed by atoms with van der Waals surface area (Å²) in [5.41, 5.74) is 1.31. The van der Waals surface area contributed by atoms with Crippen LogP contribution in [0.25, 0.3) is 0 Å². The van der Waals surface area contributed by atoms with E-state index in [1.165, 1.54) is 0 Å². The fourth-order valence-corrected chi connectivity index (χ4v) is 3.51. The van der Waals surface area contributed by atoms with Crippen LogP contribution in [0.2, 0.25) is 0 Å². The lowest BCUT2D eigenvalue weighted by atomic mass is 9.98. The highest BCUT2D eigenvalue weighted by Gasteiger charge is 2.28. The predicted octanol–water partition coefficient (Wildman–Crippen LogP) is 2.72. The van der Waals surface area contributed by atoms with Crippen molar-refractivity contribution in [3.8, 4) is 0 Å². The third-order valence-corrected chi connectivity index (χ3v) is 4.96. The lowest BCUT2D eigenvalue weighted by Gasteiger charge is -2.36. The van der Waals surface area contributed by atoms with Crippen LogP contribution in [0.4, 0.5) is 0 Å². The standard InChI is InChI=1S/C20H26N4O2/c1-2-23-15-21-14-18(23)20(26)24-13-7-6-10-17(24)11-12-22-19(25)16-8-4-3-5-9-16/h3-5,8-9,14-15,17H,2,6-7,10-13H2,1H3,(H,22,25)/t17-/m0/s1. The molecule has 6 nitrogen and oxygen atoms in total. The summed E-state index contributed by atoms with van der Waals surface area (Å²) in [6, 6.07) is 9.37. The third kappa shape index (κ3) is 4.12. The predicted molar refractivity (Wildman–Crippen MR) is 100.0 cm³/mol. The molecule has 0 bridgehead atoms. The molecule has 0 saturated carbocycles. The number of imidazole rings is 1. The van der Waals surface area contributed by atoms with Gasteiger partial charge in [-0.05, 0) is 44.7 Å². The van der Waals surface area contributed by atoms with Gasteiger partial charge < -0.3 is 14.8 Å². The Hall–Kier alpha value is -2.63. The number of nitrogens with one attached hydrogen (secondary N) is 1. The smallest absolute Gasteiger partial charge is 0.272 e. The highest BCUT2D eigenvalue weighted by atomic mass is 16.2. The van der Waals surface area contributed by atoms with E-state index < -0.39 is 0 Å². The molecule has 2 amide bonds. The molecule has 1 aromatic heterocycles. The summed E-state index contributed by atoms with van der Waals surface area (Å²) in [7, 11) is 0. The summed E-state index contributed by atoms with van der Waals surface area (Å²) in [6.45, 7) is 4.07. The summed E-state index contributed by atoms with van der Waals surface area (Å²) >= 11 is 0. The summed E-state index contributed by atoms with van der Waals surface area (Å²) in [5, 5.41) is 2.97. The van der Waals surface area contributed by atoms with E-state index in [0.717, 1.165) is 38.8 Å². The van der Waals surface area contributed by atoms with E-state index in [-0.39, 0.29) is 17.9 Å². The summed E-state index contributed by atoms with van der Waals surface area (Å²) < 4.78 is 1.88. The van der Waals surface area contributed by atoms with Crippen molar-refractivity contribution in [3.05, 3.63) is 54.1 Å². The molecule has 1 saturated heterocycles. The van der Waals surface area contributed by atoms with Gasteiger partial charge in [0.05, 0.1) is 12.5 Å². The highest BCUT2D eigenvalue weighted by molar-refractivity contribution is 5.94. The van der Waals surface area contributed by atoms with E-state index in [0.29, 0.717) is 17.8 Å². The first-order valence-corrected chi connectivity index (χ1v) is 9.35. The fraction of sp³-hybridized carbons (Fsp3) is 0.450. The van der Waals surface area contributed by atoms with Crippen molar-refractivity contribution in [3.63, 3.8) is 0 Å². The minimum Gasteiger partial charge on any atom is -0.352 e. The Morgan fingerprint density at radius 1 is 1.23 bits per heavy atom. The molecule has 6 heteroatoms. The number of rotatable bonds is 6. The summed E-state index contributed by atoms with van der Waals surface area (Å²) in [5.74, 6) is -0.0215. The van der Waals surface area contributed by atoms with Crippen molar-refractivity contribution < 1.29 is 9.59 Å². The number of carbonyl (C=O) groups excluding carboxylic acids is 2. The van der Waals surface area contributed by atoms with E-state index in [9.17, 15) is 9.59 Å². The van der Waals surface area contributed by atoms with Crippen LogP contribution < -0.4 is 5.32 Å². The molecule has 26 heavy (non-hydrogen) atoms. The first kappa shape index (κ1) is 18.2. The van der Waals surface area contributed by atoms with Gasteiger partial charge in [-0.2, -0.15) is 0 Å². The number of benzene rings is 1. The molecular weight excluding hydrogens is 328 g/mol. The lowest BCUT2D eigenvalue weighted by Crippen LogP contribution is -2.45. The Morgan fingerprint density at radius 3 is 2.81 bits per heavy atom. The summed E-state index contributed by atoms with van der Waals surface area (Å²) in [6.07, 6.45) is 7.24. The third-order valence-electron chi connectivity index (χ3n) is 4.96. The quantitative estimate of drug-likeness (QED) is 0.867. The van der Waals surface area contributed by atoms with Gasteiger partial charge in [0.25, 0.3) is 11.8 Å². The number of nitrogens with zero attached hydrogens (tertiary/aromatic N) is 3. The van der Waals surface area contributed by atoms with Crippen LogP contribution in [-0.2, 0) is 6.54 Å². The van der Waals surface area contributed by atoms with Gasteiger partial charge in [-0.3, -0.25) is 9.59 Å². The Morgan fingerprint density at radius 2 is 2.04 bits per heavy atom. The van der Waals surface area contributed by atoms with Gasteiger partial charge in [-0.1, -0.05) is 18.2 Å². The molecule has 1 aromatic carbocycles. The number of amides is 2. The van der Waals surface area contributed by atoms with Crippen molar-refractivity contribution in [2.24, 2.45) is 0 Å². The Kier molecular flexibility index (Phi) is 6.04. The Bertz CT molecular complexity index is 741. The average Bonchev–Trinajstić information content (AvgIpc) is 3.17. The van der Waals surface area contributed by atoms with Crippen LogP contribution in [0.1, 0.15) is 53.5 Å². The van der Waals surface area contributed by atoms with Crippen molar-refractivity contribution in [2.45, 2.75) is 45.2 Å². The van der Waals surface area contributed by atoms with Crippen LogP contribution in [0.3, 0.4) is 0 Å². The molecule has 0 radical (unpaired) electrons. The maximum atomic E-state index is 12.9. The average molecular weight is 354 g/mol. The van der Waals surface area contributed by atoms with E-state index in [1.54, 1.807) is 24.7 Å². The molecule has 2 aromatic rings. The molecule has 1 N–H and O–H groups in total. The van der Waals surface area contributed by atoms with Gasteiger partial charge >= 0.3 is 0 Å². The number of aromatic nitrogens is 2. The number of hydrogen-bond acceptors (Lipinski definition) is 3. The Balaban J connectivity index is 1.59. The highest BCUT2D eigenvalue weighted by Crippen LogP contribution is 2.22. The van der Waals surface area contributed by atoms with E-state index in [1.807, 2.05) is 34.6 Å². The van der Waals surface area contributed by atoms with Gasteiger partial charge in [0.2, 0.25) is 0 Å². The van der Waals surface area contributed by atoms with E-state index in [2.05, 4.69) is 10.3 Å². The molecular formula is C20H26N4O2. The molecule has 1 aliphatic heterocycles. The largest absolute Gasteiger partial charge is 0.352 e. The number of likely N-dealkylation sites (tertiary alicyclic amines) is 1. The zero-order chi connectivity index (χ0) is 18.4. The molecule has 1 atom stereocenters. The number of aryl methyl sites for hydroxylation is 1. The van der Waals surface area contributed by atoms with Crippen molar-refractivity contribution >= 4 is 11.8 Å². The van der Waals surface area contributed by atoms with Crippen LogP contribution >= 0.6 is 0 Å². The molecule has 2 heterocycles. The fourth-order valence-electron chi connectivity index (χ4n) is 3.51. The normalized spacial score (nSPS) is 17.1. The van der Waals surface area contributed by atoms with Crippen LogP contribution in [0.5, 0.6) is 0 Å². The Labute approximate surface area is 154 Å². The monoisotopic (exact) mass is 354 g/mol. The molecule has 1 aliphatic rings. The minimum atomic E-state index is -0.0663. The second-order valence-corrected chi connectivity index (χ2v) is 6.62. The number of carbonyl (C=O) groups is 2. The molecule has 3 rings (SSSR count). The van der Waals surface area contributed by atoms with Crippen molar-refractivity contribution in [1.29, 1.82) is 0 Å². The van der Waals surface area contributed by atoms with Crippen LogP contribution in [0, 0.1) is 0 Å². The second-order valence-electron chi connectivity index (χ2n) is 6.62. The van der Waals surface area contributed by atoms with Crippen LogP contribution in [0.15, 0.2) is 42.9 Å².